The molecule has 5 rings (SSSR count). The molecule has 0 unspecified atom stereocenters. The van der Waals surface area contributed by atoms with Crippen LogP contribution in [0.25, 0.3) is 0 Å². The molecule has 2 heterocycles. The van der Waals surface area contributed by atoms with Gasteiger partial charge in [0.25, 0.3) is 0 Å². The van der Waals surface area contributed by atoms with E-state index in [0.717, 1.165) is 50.0 Å². The Balaban J connectivity index is 0.00000461. The Morgan fingerprint density at radius 1 is 1.00 bits per heavy atom. The summed E-state index contributed by atoms with van der Waals surface area (Å²) < 4.78 is 36.2. The molecule has 13 heteroatoms. The number of nitrogens with one attached hydrogen (secondary N) is 2. The molecular weight excluding hydrogens is 637 g/mol. The smallest absolute Gasteiger partial charge is 0.326 e. The lowest BCUT2D eigenvalue weighted by molar-refractivity contribution is 0.199. The van der Waals surface area contributed by atoms with Crippen molar-refractivity contribution in [3.8, 4) is 17.4 Å². The Hall–Kier alpha value is -4.03. The molecule has 1 saturated heterocycles. The summed E-state index contributed by atoms with van der Waals surface area (Å²) in [6, 6.07) is 25.1. The summed E-state index contributed by atoms with van der Waals surface area (Å²) in [5.74, 6) is 1.54. The van der Waals surface area contributed by atoms with E-state index in [-0.39, 0.29) is 24.5 Å². The van der Waals surface area contributed by atoms with Crippen LogP contribution in [-0.4, -0.2) is 56.8 Å². The summed E-state index contributed by atoms with van der Waals surface area (Å²) in [6.45, 7) is 2.37. The van der Waals surface area contributed by atoms with Gasteiger partial charge in [-0.25, -0.2) is 18.2 Å². The van der Waals surface area contributed by atoms with Crippen molar-refractivity contribution in [1.82, 2.24) is 9.88 Å². The minimum atomic E-state index is -3.34. The second-order valence-corrected chi connectivity index (χ2v) is 12.7. The summed E-state index contributed by atoms with van der Waals surface area (Å²) >= 11 is 6.28. The van der Waals surface area contributed by atoms with Gasteiger partial charge in [-0.2, -0.15) is 0 Å². The fourth-order valence-corrected chi connectivity index (χ4v) is 5.92. The van der Waals surface area contributed by atoms with E-state index >= 15 is 0 Å². The number of carbonyl (C=O) groups is 1. The van der Waals surface area contributed by atoms with Crippen molar-refractivity contribution >= 4 is 57.1 Å². The Morgan fingerprint density at radius 2 is 1.69 bits per heavy atom. The minimum absolute atomic E-state index is 0. The van der Waals surface area contributed by atoms with Crippen molar-refractivity contribution in [1.29, 1.82) is 0 Å². The Kier molecular flexibility index (Phi) is 11.5. The van der Waals surface area contributed by atoms with Crippen LogP contribution < -0.4 is 24.4 Å². The number of sulfonamides is 1. The van der Waals surface area contributed by atoms with Gasteiger partial charge in [0.15, 0.2) is 0 Å². The Bertz CT molecular complexity index is 1670. The van der Waals surface area contributed by atoms with E-state index in [2.05, 4.69) is 19.9 Å². The van der Waals surface area contributed by atoms with Crippen LogP contribution in [0.3, 0.4) is 0 Å². The van der Waals surface area contributed by atoms with Crippen LogP contribution in [-0.2, 0) is 16.6 Å². The number of piperidine rings is 1. The zero-order valence-electron chi connectivity index (χ0n) is 24.9. The number of hydrogen-bond donors (Lipinski definition) is 2. The summed E-state index contributed by atoms with van der Waals surface area (Å²) in [5, 5.41) is 3.43. The molecule has 1 aliphatic heterocycles. The van der Waals surface area contributed by atoms with E-state index in [1.807, 2.05) is 47.4 Å². The summed E-state index contributed by atoms with van der Waals surface area (Å²) in [7, 11) is -1.79. The first-order chi connectivity index (χ1) is 21.2. The number of rotatable bonds is 10. The molecule has 0 atom stereocenters. The lowest BCUT2D eigenvalue weighted by atomic mass is 10.0. The average molecular weight is 673 g/mol. The maximum absolute atomic E-state index is 13.6. The van der Waals surface area contributed by atoms with Crippen LogP contribution in [0.15, 0.2) is 91.1 Å². The quantitative estimate of drug-likeness (QED) is 0.186. The second-order valence-electron chi connectivity index (χ2n) is 10.5. The molecule has 238 valence electrons. The van der Waals surface area contributed by atoms with Crippen molar-refractivity contribution in [3.05, 3.63) is 102 Å². The number of methoxy groups -OCH3 is 1. The molecule has 0 spiro atoms. The second kappa shape index (κ2) is 15.3. The first-order valence-electron chi connectivity index (χ1n) is 14.1. The van der Waals surface area contributed by atoms with Gasteiger partial charge in [-0.05, 0) is 73.0 Å². The largest absolute Gasteiger partial charge is 0.495 e. The number of likely N-dealkylation sites (tertiary alicyclic amines) is 1. The molecule has 2 N–H and O–H groups in total. The molecule has 0 radical (unpaired) electrons. The number of nitrogens with zero attached hydrogens (tertiary/aromatic N) is 3. The molecule has 1 aliphatic rings. The molecule has 2 amide bonds. The summed E-state index contributed by atoms with van der Waals surface area (Å²) in [4.78, 5) is 22.2. The van der Waals surface area contributed by atoms with E-state index in [1.54, 1.807) is 55.8 Å². The topological polar surface area (TPSA) is 113 Å². The van der Waals surface area contributed by atoms with Crippen LogP contribution in [0.5, 0.6) is 17.4 Å². The van der Waals surface area contributed by atoms with E-state index in [9.17, 15) is 13.2 Å². The zero-order chi connectivity index (χ0) is 31.1. The molecule has 1 fully saturated rings. The van der Waals surface area contributed by atoms with E-state index in [0.29, 0.717) is 33.8 Å². The number of anilines is 3. The normalized spacial score (nSPS) is 13.8. The van der Waals surface area contributed by atoms with Crippen LogP contribution in [0, 0.1) is 0 Å². The third-order valence-corrected chi connectivity index (χ3v) is 8.06. The number of halogens is 2. The number of para-hydroxylation sites is 1. The number of urea groups is 1. The van der Waals surface area contributed by atoms with Crippen molar-refractivity contribution in [2.75, 3.05) is 41.4 Å². The third kappa shape index (κ3) is 9.48. The van der Waals surface area contributed by atoms with Crippen LogP contribution >= 0.6 is 24.0 Å². The van der Waals surface area contributed by atoms with Crippen LogP contribution in [0.1, 0.15) is 18.4 Å². The summed E-state index contributed by atoms with van der Waals surface area (Å²) in [5.41, 5.74) is 2.95. The molecule has 4 aromatic rings. The van der Waals surface area contributed by atoms with Crippen molar-refractivity contribution in [2.24, 2.45) is 0 Å². The molecule has 10 nitrogen and oxygen atoms in total. The fraction of sp³-hybridized carbons (Fsp3) is 0.250. The molecule has 3 aromatic carbocycles. The van der Waals surface area contributed by atoms with Gasteiger partial charge in [0.2, 0.25) is 15.9 Å². The number of pyridine rings is 1. The van der Waals surface area contributed by atoms with Gasteiger partial charge >= 0.3 is 6.03 Å². The van der Waals surface area contributed by atoms with Gasteiger partial charge in [0.1, 0.15) is 11.5 Å². The highest BCUT2D eigenvalue weighted by molar-refractivity contribution is 7.92. The van der Waals surface area contributed by atoms with E-state index in [1.165, 1.54) is 0 Å². The highest BCUT2D eigenvalue weighted by atomic mass is 35.5. The average Bonchev–Trinajstić information content (AvgIpc) is 3.00. The number of amides is 2. The van der Waals surface area contributed by atoms with Crippen LogP contribution in [0.4, 0.5) is 21.9 Å². The van der Waals surface area contributed by atoms with Crippen LogP contribution in [0.2, 0.25) is 5.02 Å². The monoisotopic (exact) mass is 671 g/mol. The van der Waals surface area contributed by atoms with Gasteiger partial charge in [-0.1, -0.05) is 35.9 Å². The summed E-state index contributed by atoms with van der Waals surface area (Å²) in [6.07, 6.45) is 4.52. The van der Waals surface area contributed by atoms with Gasteiger partial charge < -0.3 is 14.8 Å². The predicted octanol–water partition coefficient (Wildman–Crippen LogP) is 7.03. The lowest BCUT2D eigenvalue weighted by Crippen LogP contribution is -2.49. The molecular formula is C32H35Cl2N5O5S. The predicted molar refractivity (Wildman–Crippen MR) is 181 cm³/mol. The molecule has 0 aliphatic carbocycles. The number of benzene rings is 3. The van der Waals surface area contributed by atoms with Gasteiger partial charge in [0.05, 0.1) is 18.4 Å². The third-order valence-electron chi connectivity index (χ3n) is 7.16. The number of aromatic nitrogens is 1. The lowest BCUT2D eigenvalue weighted by Gasteiger charge is -2.38. The molecule has 45 heavy (non-hydrogen) atoms. The van der Waals surface area contributed by atoms with E-state index in [4.69, 9.17) is 21.1 Å². The van der Waals surface area contributed by atoms with Crippen molar-refractivity contribution < 1.29 is 22.7 Å². The standard InChI is InChI=1S/C32H34ClN5O5S.ClH/c1-42-30-14-11-25(20-29(30)33)35-32(39)38(26-6-4-3-5-7-26)27-16-18-37(19-17-27)22-23-8-15-31(34-21-23)43-28-12-9-24(10-13-28)36-44(2,40)41;/h3-15,20-21,27,36H,16-19,22H2,1-2H3,(H,35,39);1H. The highest BCUT2D eigenvalue weighted by Crippen LogP contribution is 2.30. The van der Waals surface area contributed by atoms with Gasteiger partial charge in [-0.3, -0.25) is 14.5 Å². The van der Waals surface area contributed by atoms with Gasteiger partial charge in [0, 0.05) is 55.0 Å². The molecule has 1 aromatic heterocycles. The maximum Gasteiger partial charge on any atom is 0.326 e. The van der Waals surface area contributed by atoms with Gasteiger partial charge in [-0.15, -0.1) is 12.4 Å². The SMILES string of the molecule is COc1ccc(NC(=O)N(c2ccccc2)C2CCN(Cc3ccc(Oc4ccc(NS(C)(=O)=O)cc4)nc3)CC2)cc1Cl.Cl. The first-order valence-corrected chi connectivity index (χ1v) is 16.4. The van der Waals surface area contributed by atoms with Crippen molar-refractivity contribution in [3.63, 3.8) is 0 Å². The highest BCUT2D eigenvalue weighted by Gasteiger charge is 2.29. The van der Waals surface area contributed by atoms with E-state index < -0.39 is 10.0 Å². The molecule has 0 saturated carbocycles. The van der Waals surface area contributed by atoms with Crippen molar-refractivity contribution in [2.45, 2.75) is 25.4 Å². The molecule has 0 bridgehead atoms. The number of carbonyl (C=O) groups excluding carboxylic acids is 1. The number of hydrogen-bond acceptors (Lipinski definition) is 7. The Morgan fingerprint density at radius 3 is 2.29 bits per heavy atom. The first kappa shape index (κ1) is 33.9. The zero-order valence-corrected chi connectivity index (χ0v) is 27.2. The minimum Gasteiger partial charge on any atom is -0.495 e. The Labute approximate surface area is 274 Å². The fourth-order valence-electron chi connectivity index (χ4n) is 5.09. The number of ether oxygens (including phenoxy) is 2. The maximum atomic E-state index is 13.6.